The first kappa shape index (κ1) is 19.0. The normalized spacial score (nSPS) is 11.0. The van der Waals surface area contributed by atoms with E-state index in [-0.39, 0.29) is 24.5 Å². The summed E-state index contributed by atoms with van der Waals surface area (Å²) in [5.41, 5.74) is 2.72. The highest BCUT2D eigenvalue weighted by Crippen LogP contribution is 2.22. The van der Waals surface area contributed by atoms with E-state index < -0.39 is 0 Å². The van der Waals surface area contributed by atoms with Crippen molar-refractivity contribution in [3.05, 3.63) is 70.0 Å². The number of carbonyl (C=O) groups excluding carboxylic acids is 2. The number of anilines is 1. The molecule has 3 aromatic heterocycles. The lowest BCUT2D eigenvalue weighted by molar-refractivity contribution is -0.116. The number of aryl methyl sites for hydroxylation is 2. The zero-order valence-corrected chi connectivity index (χ0v) is 17.0. The van der Waals surface area contributed by atoms with Crippen LogP contribution in [0.15, 0.2) is 53.9 Å². The zero-order valence-electron chi connectivity index (χ0n) is 16.2. The molecular formula is C22H20N4O2S. The van der Waals surface area contributed by atoms with E-state index in [0.29, 0.717) is 16.5 Å². The maximum atomic E-state index is 12.4. The number of ketones is 1. The van der Waals surface area contributed by atoms with Gasteiger partial charge in [-0.2, -0.15) is 9.78 Å². The van der Waals surface area contributed by atoms with Crippen molar-refractivity contribution in [1.29, 1.82) is 0 Å². The second-order valence-electron chi connectivity index (χ2n) is 6.85. The zero-order chi connectivity index (χ0) is 20.4. The lowest BCUT2D eigenvalue weighted by Crippen LogP contribution is -2.16. The molecule has 4 aromatic rings. The molecule has 0 spiro atoms. The molecule has 7 heteroatoms. The summed E-state index contributed by atoms with van der Waals surface area (Å²) in [5, 5.41) is 10.3. The second kappa shape index (κ2) is 7.97. The summed E-state index contributed by atoms with van der Waals surface area (Å²) in [6, 6.07) is 15.3. The number of nitrogens with one attached hydrogen (secondary N) is 1. The summed E-state index contributed by atoms with van der Waals surface area (Å²) in [6.07, 6.45) is 0.290. The van der Waals surface area contributed by atoms with E-state index >= 15 is 0 Å². The van der Waals surface area contributed by atoms with Gasteiger partial charge < -0.3 is 5.32 Å². The number of fused-ring (bicyclic) bond motifs is 1. The van der Waals surface area contributed by atoms with Gasteiger partial charge in [-0.3, -0.25) is 9.59 Å². The van der Waals surface area contributed by atoms with Crippen LogP contribution in [0.2, 0.25) is 0 Å². The number of benzene rings is 1. The van der Waals surface area contributed by atoms with Gasteiger partial charge in [-0.05, 0) is 43.0 Å². The van der Waals surface area contributed by atoms with Crippen molar-refractivity contribution >= 4 is 39.7 Å². The highest BCUT2D eigenvalue weighted by molar-refractivity contribution is 7.12. The summed E-state index contributed by atoms with van der Waals surface area (Å²) in [5.74, 6) is 0.928. The fourth-order valence-corrected chi connectivity index (χ4v) is 3.89. The van der Waals surface area contributed by atoms with Crippen LogP contribution in [0.1, 0.15) is 33.8 Å². The van der Waals surface area contributed by atoms with Gasteiger partial charge in [0.2, 0.25) is 5.91 Å². The molecule has 1 N–H and O–H groups in total. The Kier molecular flexibility index (Phi) is 5.22. The summed E-state index contributed by atoms with van der Waals surface area (Å²) < 4.78 is 1.63. The van der Waals surface area contributed by atoms with Crippen LogP contribution >= 0.6 is 11.3 Å². The first-order valence-corrected chi connectivity index (χ1v) is 10.2. The average Bonchev–Trinajstić information content (AvgIpc) is 3.36. The molecule has 0 fully saturated rings. The van der Waals surface area contributed by atoms with Gasteiger partial charge in [-0.1, -0.05) is 24.3 Å². The SMILES string of the molecule is Cc1cc(NC(=O)CCC(=O)c2cccs2)n(-c2cc(C)c3ccccc3n2)n1. The van der Waals surface area contributed by atoms with Crippen molar-refractivity contribution in [1.82, 2.24) is 14.8 Å². The number of amides is 1. The predicted molar refractivity (Wildman–Crippen MR) is 115 cm³/mol. The van der Waals surface area contributed by atoms with Crippen LogP contribution in [0.3, 0.4) is 0 Å². The molecule has 1 amide bonds. The first-order chi connectivity index (χ1) is 14.0. The minimum absolute atomic E-state index is 0.0216. The average molecular weight is 404 g/mol. The summed E-state index contributed by atoms with van der Waals surface area (Å²) in [7, 11) is 0. The third-order valence-corrected chi connectivity index (χ3v) is 5.51. The highest BCUT2D eigenvalue weighted by Gasteiger charge is 2.15. The van der Waals surface area contributed by atoms with Gasteiger partial charge in [0, 0.05) is 24.3 Å². The molecule has 0 saturated carbocycles. The van der Waals surface area contributed by atoms with E-state index in [1.165, 1.54) is 11.3 Å². The van der Waals surface area contributed by atoms with Crippen LogP contribution in [0.4, 0.5) is 5.82 Å². The molecule has 146 valence electrons. The van der Waals surface area contributed by atoms with Crippen molar-refractivity contribution in [2.75, 3.05) is 5.32 Å². The van der Waals surface area contributed by atoms with Crippen molar-refractivity contribution in [2.24, 2.45) is 0 Å². The Morgan fingerprint density at radius 3 is 2.69 bits per heavy atom. The van der Waals surface area contributed by atoms with Gasteiger partial charge in [-0.15, -0.1) is 11.3 Å². The Balaban J connectivity index is 1.54. The van der Waals surface area contributed by atoms with E-state index in [2.05, 4.69) is 10.4 Å². The molecule has 0 aliphatic rings. The molecule has 4 rings (SSSR count). The van der Waals surface area contributed by atoms with Crippen molar-refractivity contribution in [3.8, 4) is 5.82 Å². The number of rotatable bonds is 6. The van der Waals surface area contributed by atoms with Gasteiger partial charge in [0.1, 0.15) is 5.82 Å². The molecule has 0 unspecified atom stereocenters. The maximum Gasteiger partial charge on any atom is 0.225 e. The van der Waals surface area contributed by atoms with Gasteiger partial charge in [0.25, 0.3) is 0 Å². The molecule has 6 nitrogen and oxygen atoms in total. The molecule has 1 aromatic carbocycles. The van der Waals surface area contributed by atoms with Gasteiger partial charge in [-0.25, -0.2) is 4.98 Å². The van der Waals surface area contributed by atoms with Crippen molar-refractivity contribution in [2.45, 2.75) is 26.7 Å². The predicted octanol–water partition coefficient (Wildman–Crippen LogP) is 4.70. The number of pyridine rings is 1. The fourth-order valence-electron chi connectivity index (χ4n) is 3.20. The maximum absolute atomic E-state index is 12.4. The number of hydrogen-bond donors (Lipinski definition) is 1. The van der Waals surface area contributed by atoms with Crippen LogP contribution in [0, 0.1) is 13.8 Å². The molecule has 0 aliphatic heterocycles. The Hall–Kier alpha value is -3.32. The second-order valence-corrected chi connectivity index (χ2v) is 7.79. The summed E-state index contributed by atoms with van der Waals surface area (Å²) in [4.78, 5) is 29.9. The molecule has 0 atom stereocenters. The van der Waals surface area contributed by atoms with Crippen LogP contribution in [-0.4, -0.2) is 26.5 Å². The smallest absolute Gasteiger partial charge is 0.225 e. The molecule has 0 aliphatic carbocycles. The van der Waals surface area contributed by atoms with Crippen LogP contribution < -0.4 is 5.32 Å². The first-order valence-electron chi connectivity index (χ1n) is 9.31. The topological polar surface area (TPSA) is 76.9 Å². The number of aromatic nitrogens is 3. The standard InChI is InChI=1S/C22H20N4O2S/c1-14-12-20(23-17-7-4-3-6-16(14)17)26-21(13-15(2)25-26)24-22(28)10-9-18(27)19-8-5-11-29-19/h3-8,11-13H,9-10H2,1-2H3,(H,24,28). The van der Waals surface area contributed by atoms with E-state index in [9.17, 15) is 9.59 Å². The van der Waals surface area contributed by atoms with Crippen LogP contribution in [0.5, 0.6) is 0 Å². The van der Waals surface area contributed by atoms with Crippen LogP contribution in [0.25, 0.3) is 16.7 Å². The minimum Gasteiger partial charge on any atom is -0.311 e. The molecule has 29 heavy (non-hydrogen) atoms. The monoisotopic (exact) mass is 404 g/mol. The van der Waals surface area contributed by atoms with Crippen molar-refractivity contribution < 1.29 is 9.59 Å². The Labute approximate surface area is 172 Å². The van der Waals surface area contributed by atoms with Gasteiger partial charge >= 0.3 is 0 Å². The molecule has 3 heterocycles. The minimum atomic E-state index is -0.228. The summed E-state index contributed by atoms with van der Waals surface area (Å²) >= 11 is 1.39. The van der Waals surface area contributed by atoms with Gasteiger partial charge in [0.05, 0.1) is 16.1 Å². The van der Waals surface area contributed by atoms with Crippen LogP contribution in [-0.2, 0) is 4.79 Å². The van der Waals surface area contributed by atoms with E-state index in [0.717, 1.165) is 22.2 Å². The number of Topliss-reactive ketones (excluding diaryl/α,β-unsaturated/α-hetero) is 1. The highest BCUT2D eigenvalue weighted by atomic mass is 32.1. The fraction of sp³-hybridized carbons (Fsp3) is 0.182. The summed E-state index contributed by atoms with van der Waals surface area (Å²) in [6.45, 7) is 3.89. The van der Waals surface area contributed by atoms with E-state index in [4.69, 9.17) is 4.98 Å². The number of hydrogen-bond acceptors (Lipinski definition) is 5. The molecule has 0 saturated heterocycles. The lowest BCUT2D eigenvalue weighted by atomic mass is 10.1. The van der Waals surface area contributed by atoms with E-state index in [1.54, 1.807) is 16.8 Å². The number of carbonyl (C=O) groups is 2. The van der Waals surface area contributed by atoms with Gasteiger partial charge in [0.15, 0.2) is 11.6 Å². The third kappa shape index (κ3) is 4.09. The lowest BCUT2D eigenvalue weighted by Gasteiger charge is -2.10. The Bertz CT molecular complexity index is 1190. The van der Waals surface area contributed by atoms with Crippen molar-refractivity contribution in [3.63, 3.8) is 0 Å². The largest absolute Gasteiger partial charge is 0.311 e. The Morgan fingerprint density at radius 1 is 1.07 bits per heavy atom. The number of para-hydroxylation sites is 1. The Morgan fingerprint density at radius 2 is 1.90 bits per heavy atom. The molecular weight excluding hydrogens is 384 g/mol. The quantitative estimate of drug-likeness (QED) is 0.473. The molecule has 0 radical (unpaired) electrons. The number of thiophene rings is 1. The van der Waals surface area contributed by atoms with E-state index in [1.807, 2.05) is 55.6 Å². The molecule has 0 bridgehead atoms. The third-order valence-electron chi connectivity index (χ3n) is 4.60. The number of nitrogens with zero attached hydrogens (tertiary/aromatic N) is 3.